The van der Waals surface area contributed by atoms with E-state index in [2.05, 4.69) is 12.1 Å². The van der Waals surface area contributed by atoms with Gasteiger partial charge in [0, 0.05) is 5.92 Å². The SMILES string of the molecule is O=C(O)[C@H]1[C@@H]2C[C@@H](O)[C@@H](C2)N1C(=O)OCC1c2ccccc2-c2ccccc21. The van der Waals surface area contributed by atoms with E-state index in [1.165, 1.54) is 4.90 Å². The lowest BCUT2D eigenvalue weighted by Gasteiger charge is -2.34. The van der Waals surface area contributed by atoms with Crippen LogP contribution in [-0.4, -0.2) is 52.0 Å². The van der Waals surface area contributed by atoms with Crippen molar-refractivity contribution in [2.24, 2.45) is 5.92 Å². The summed E-state index contributed by atoms with van der Waals surface area (Å²) < 4.78 is 5.62. The number of aliphatic hydroxyl groups is 1. The summed E-state index contributed by atoms with van der Waals surface area (Å²) in [5, 5.41) is 19.7. The zero-order chi connectivity index (χ0) is 19.4. The molecule has 2 aliphatic carbocycles. The van der Waals surface area contributed by atoms with E-state index < -0.39 is 30.3 Å². The second-order valence-electron chi connectivity index (χ2n) is 7.86. The minimum absolute atomic E-state index is 0.0793. The van der Waals surface area contributed by atoms with Gasteiger partial charge >= 0.3 is 12.1 Å². The Morgan fingerprint density at radius 2 is 1.61 bits per heavy atom. The number of amides is 1. The summed E-state index contributed by atoms with van der Waals surface area (Å²) in [6.07, 6.45) is -0.390. The molecule has 28 heavy (non-hydrogen) atoms. The van der Waals surface area contributed by atoms with E-state index in [9.17, 15) is 19.8 Å². The number of aliphatic carboxylic acids is 1. The van der Waals surface area contributed by atoms with Crippen molar-refractivity contribution < 1.29 is 24.5 Å². The third-order valence-electron chi connectivity index (χ3n) is 6.44. The van der Waals surface area contributed by atoms with Crippen LogP contribution in [-0.2, 0) is 9.53 Å². The Balaban J connectivity index is 1.38. The highest BCUT2D eigenvalue weighted by Gasteiger charge is 2.56. The third-order valence-corrected chi connectivity index (χ3v) is 6.44. The fourth-order valence-electron chi connectivity index (χ4n) is 5.26. The maximum absolute atomic E-state index is 12.8. The zero-order valence-corrected chi connectivity index (χ0v) is 15.2. The number of hydrogen-bond acceptors (Lipinski definition) is 4. The molecule has 144 valence electrons. The number of carbonyl (C=O) groups is 2. The predicted molar refractivity (Wildman–Crippen MR) is 101 cm³/mol. The molecule has 0 aromatic heterocycles. The molecular weight excluding hydrogens is 358 g/mol. The zero-order valence-electron chi connectivity index (χ0n) is 15.2. The number of likely N-dealkylation sites (tertiary alicyclic amines) is 1. The maximum atomic E-state index is 12.8. The number of aliphatic hydroxyl groups excluding tert-OH is 1. The van der Waals surface area contributed by atoms with Crippen LogP contribution in [0.15, 0.2) is 48.5 Å². The van der Waals surface area contributed by atoms with Crippen molar-refractivity contribution in [2.45, 2.75) is 36.9 Å². The maximum Gasteiger partial charge on any atom is 0.410 e. The fraction of sp³-hybridized carbons (Fsp3) is 0.364. The highest BCUT2D eigenvalue weighted by atomic mass is 16.6. The summed E-state index contributed by atoms with van der Waals surface area (Å²) in [7, 11) is 0. The molecule has 6 nitrogen and oxygen atoms in total. The Morgan fingerprint density at radius 3 is 2.21 bits per heavy atom. The van der Waals surface area contributed by atoms with E-state index in [4.69, 9.17) is 4.74 Å². The van der Waals surface area contributed by atoms with Crippen LogP contribution in [0.5, 0.6) is 0 Å². The summed E-state index contributed by atoms with van der Waals surface area (Å²) in [5.41, 5.74) is 4.49. The van der Waals surface area contributed by atoms with E-state index in [-0.39, 0.29) is 18.4 Å². The fourth-order valence-corrected chi connectivity index (χ4v) is 5.26. The van der Waals surface area contributed by atoms with Crippen molar-refractivity contribution in [3.05, 3.63) is 59.7 Å². The molecule has 2 aromatic carbocycles. The molecule has 0 spiro atoms. The summed E-state index contributed by atoms with van der Waals surface area (Å²) in [6, 6.07) is 14.7. The van der Waals surface area contributed by atoms with Crippen molar-refractivity contribution in [3.8, 4) is 11.1 Å². The minimum atomic E-state index is -1.03. The Bertz CT molecular complexity index is 912. The van der Waals surface area contributed by atoms with E-state index in [0.717, 1.165) is 22.3 Å². The standard InChI is InChI=1S/C22H21NO5/c24-19-10-12-9-18(19)23(20(12)21(25)26)22(27)28-11-17-15-7-3-1-5-13(15)14-6-2-4-8-16(14)17/h1-8,12,17-20,24H,9-11H2,(H,25,26)/t12-,18+,19+,20+/m0/s1. The van der Waals surface area contributed by atoms with Gasteiger partial charge in [-0.1, -0.05) is 48.5 Å². The Hall–Kier alpha value is -2.86. The molecule has 2 aromatic rings. The molecule has 4 atom stereocenters. The summed E-state index contributed by atoms with van der Waals surface area (Å²) in [4.78, 5) is 25.7. The number of piperidine rings is 1. The number of hydrogen-bond donors (Lipinski definition) is 2. The van der Waals surface area contributed by atoms with Crippen molar-refractivity contribution in [3.63, 3.8) is 0 Å². The minimum Gasteiger partial charge on any atom is -0.480 e. The first-order chi connectivity index (χ1) is 13.6. The molecule has 0 radical (unpaired) electrons. The molecule has 2 N–H and O–H groups in total. The molecule has 1 amide bonds. The van der Waals surface area contributed by atoms with Gasteiger partial charge < -0.3 is 14.9 Å². The number of fused-ring (bicyclic) bond motifs is 5. The number of nitrogens with zero attached hydrogens (tertiary/aromatic N) is 1. The number of ether oxygens (including phenoxy) is 1. The molecule has 2 fully saturated rings. The summed E-state index contributed by atoms with van der Waals surface area (Å²) >= 11 is 0. The summed E-state index contributed by atoms with van der Waals surface area (Å²) in [6.45, 7) is 0.142. The second-order valence-corrected chi connectivity index (χ2v) is 7.86. The Labute approximate surface area is 162 Å². The lowest BCUT2D eigenvalue weighted by Crippen LogP contribution is -2.53. The molecule has 1 saturated carbocycles. The molecule has 3 aliphatic rings. The quantitative estimate of drug-likeness (QED) is 0.856. The normalized spacial score (nSPS) is 27.5. The van der Waals surface area contributed by atoms with Crippen LogP contribution in [0, 0.1) is 5.92 Å². The number of benzene rings is 2. The first kappa shape index (κ1) is 17.3. The van der Waals surface area contributed by atoms with Gasteiger partial charge in [0.15, 0.2) is 0 Å². The average molecular weight is 379 g/mol. The van der Waals surface area contributed by atoms with Crippen LogP contribution in [0.25, 0.3) is 11.1 Å². The largest absolute Gasteiger partial charge is 0.480 e. The molecule has 0 unspecified atom stereocenters. The van der Waals surface area contributed by atoms with Crippen LogP contribution in [0.2, 0.25) is 0 Å². The monoisotopic (exact) mass is 379 g/mol. The molecule has 1 heterocycles. The van der Waals surface area contributed by atoms with Crippen LogP contribution in [0.4, 0.5) is 4.79 Å². The van der Waals surface area contributed by atoms with Crippen molar-refractivity contribution in [1.82, 2.24) is 4.90 Å². The van der Waals surface area contributed by atoms with Gasteiger partial charge in [0.2, 0.25) is 0 Å². The Morgan fingerprint density at radius 1 is 1.00 bits per heavy atom. The summed E-state index contributed by atoms with van der Waals surface area (Å²) in [5.74, 6) is -1.32. The van der Waals surface area contributed by atoms with Crippen molar-refractivity contribution in [2.75, 3.05) is 6.61 Å². The second kappa shape index (κ2) is 6.34. The van der Waals surface area contributed by atoms with Gasteiger partial charge in [-0.15, -0.1) is 0 Å². The van der Waals surface area contributed by atoms with Crippen LogP contribution in [0.3, 0.4) is 0 Å². The predicted octanol–water partition coefficient (Wildman–Crippen LogP) is 2.84. The van der Waals surface area contributed by atoms with Gasteiger partial charge in [-0.25, -0.2) is 9.59 Å². The lowest BCUT2D eigenvalue weighted by atomic mass is 9.97. The molecule has 2 bridgehead atoms. The van der Waals surface area contributed by atoms with Gasteiger partial charge in [-0.05, 0) is 41.0 Å². The highest BCUT2D eigenvalue weighted by molar-refractivity contribution is 5.82. The number of carboxylic acid groups (broad SMARTS) is 1. The van der Waals surface area contributed by atoms with E-state index in [1.54, 1.807) is 0 Å². The third kappa shape index (κ3) is 2.44. The first-order valence-corrected chi connectivity index (χ1v) is 9.60. The molecule has 6 heteroatoms. The van der Waals surface area contributed by atoms with Crippen LogP contribution >= 0.6 is 0 Å². The van der Waals surface area contributed by atoms with E-state index in [0.29, 0.717) is 12.8 Å². The van der Waals surface area contributed by atoms with Gasteiger partial charge in [-0.3, -0.25) is 4.90 Å². The molecule has 1 aliphatic heterocycles. The smallest absolute Gasteiger partial charge is 0.410 e. The lowest BCUT2D eigenvalue weighted by molar-refractivity contribution is -0.145. The van der Waals surface area contributed by atoms with Gasteiger partial charge in [0.1, 0.15) is 12.6 Å². The topological polar surface area (TPSA) is 87.1 Å². The number of carboxylic acids is 1. The molecule has 5 rings (SSSR count). The van der Waals surface area contributed by atoms with Crippen molar-refractivity contribution in [1.29, 1.82) is 0 Å². The van der Waals surface area contributed by atoms with Gasteiger partial charge in [0.05, 0.1) is 12.1 Å². The van der Waals surface area contributed by atoms with Crippen LogP contribution in [0.1, 0.15) is 29.9 Å². The first-order valence-electron chi connectivity index (χ1n) is 9.60. The van der Waals surface area contributed by atoms with Crippen molar-refractivity contribution >= 4 is 12.1 Å². The van der Waals surface area contributed by atoms with Gasteiger partial charge in [-0.2, -0.15) is 0 Å². The Kier molecular flexibility index (Phi) is 3.91. The number of carbonyl (C=O) groups excluding carboxylic acids is 1. The van der Waals surface area contributed by atoms with E-state index in [1.807, 2.05) is 36.4 Å². The molecule has 1 saturated heterocycles. The molecular formula is C22H21NO5. The highest BCUT2D eigenvalue weighted by Crippen LogP contribution is 2.46. The average Bonchev–Trinajstić information content (AvgIpc) is 3.35. The van der Waals surface area contributed by atoms with E-state index >= 15 is 0 Å². The van der Waals surface area contributed by atoms with Crippen LogP contribution < -0.4 is 0 Å². The number of rotatable bonds is 3. The van der Waals surface area contributed by atoms with Gasteiger partial charge in [0.25, 0.3) is 0 Å².